The Hall–Kier alpha value is -1.78. The summed E-state index contributed by atoms with van der Waals surface area (Å²) in [4.78, 5) is 24.4. The number of hydrogen-bond donors (Lipinski definition) is 3. The second-order valence-corrected chi connectivity index (χ2v) is 3.25. The van der Waals surface area contributed by atoms with E-state index in [-0.39, 0.29) is 23.4 Å². The van der Waals surface area contributed by atoms with Gasteiger partial charge in [-0.25, -0.2) is 0 Å². The Labute approximate surface area is 80.8 Å². The van der Waals surface area contributed by atoms with Gasteiger partial charge in [-0.15, -0.1) is 0 Å². The highest BCUT2D eigenvalue weighted by Gasteiger charge is 2.08. The van der Waals surface area contributed by atoms with E-state index in [9.17, 15) is 9.59 Å². The van der Waals surface area contributed by atoms with Gasteiger partial charge in [-0.2, -0.15) is 0 Å². The third kappa shape index (κ3) is 2.62. The molecule has 1 heterocycles. The first-order valence-electron chi connectivity index (χ1n) is 4.23. The molecule has 0 saturated heterocycles. The fraction of sp³-hybridized carbons (Fsp3) is 0.333. The van der Waals surface area contributed by atoms with Gasteiger partial charge < -0.3 is 10.4 Å². The van der Waals surface area contributed by atoms with E-state index in [0.29, 0.717) is 0 Å². The number of rotatable bonds is 2. The van der Waals surface area contributed by atoms with Crippen molar-refractivity contribution in [2.24, 2.45) is 0 Å². The van der Waals surface area contributed by atoms with Gasteiger partial charge in [0.05, 0.1) is 5.56 Å². The maximum Gasteiger partial charge on any atom is 0.251 e. The van der Waals surface area contributed by atoms with Crippen LogP contribution in [-0.2, 0) is 0 Å². The summed E-state index contributed by atoms with van der Waals surface area (Å²) in [7, 11) is 0. The zero-order valence-electron chi connectivity index (χ0n) is 8.00. The number of hydrogen-bond acceptors (Lipinski definition) is 3. The molecule has 1 aromatic heterocycles. The minimum absolute atomic E-state index is 0.0102. The number of nitrogens with one attached hydrogen (secondary N) is 2. The number of aromatic hydroxyl groups is 1. The molecule has 14 heavy (non-hydrogen) atoms. The van der Waals surface area contributed by atoms with Crippen LogP contribution in [0.2, 0.25) is 0 Å². The predicted octanol–water partition coefficient (Wildman–Crippen LogP) is 0.219. The molecule has 1 aromatic rings. The molecule has 0 bridgehead atoms. The number of pyridine rings is 1. The molecule has 0 saturated carbocycles. The summed E-state index contributed by atoms with van der Waals surface area (Å²) in [5.74, 6) is -0.687. The van der Waals surface area contributed by atoms with Crippen molar-refractivity contribution in [1.29, 1.82) is 0 Å². The maximum atomic E-state index is 11.4. The van der Waals surface area contributed by atoms with E-state index in [2.05, 4.69) is 10.3 Å². The Morgan fingerprint density at radius 3 is 2.64 bits per heavy atom. The van der Waals surface area contributed by atoms with Crippen LogP contribution < -0.4 is 10.9 Å². The van der Waals surface area contributed by atoms with Crippen molar-refractivity contribution >= 4 is 5.91 Å². The Kier molecular flexibility index (Phi) is 2.91. The van der Waals surface area contributed by atoms with E-state index < -0.39 is 5.56 Å². The van der Waals surface area contributed by atoms with Crippen LogP contribution >= 0.6 is 0 Å². The third-order valence-electron chi connectivity index (χ3n) is 1.51. The average molecular weight is 196 g/mol. The Balaban J connectivity index is 2.96. The van der Waals surface area contributed by atoms with Crippen LogP contribution in [0.15, 0.2) is 16.9 Å². The average Bonchev–Trinajstić information content (AvgIpc) is 2.00. The van der Waals surface area contributed by atoms with Crippen LogP contribution in [0.1, 0.15) is 24.2 Å². The second kappa shape index (κ2) is 3.95. The summed E-state index contributed by atoms with van der Waals surface area (Å²) in [6.07, 6.45) is 0. The monoisotopic (exact) mass is 196 g/mol. The number of aromatic nitrogens is 1. The van der Waals surface area contributed by atoms with Crippen LogP contribution in [0.3, 0.4) is 0 Å². The van der Waals surface area contributed by atoms with E-state index in [1.54, 1.807) is 0 Å². The van der Waals surface area contributed by atoms with E-state index in [1.165, 1.54) is 6.07 Å². The van der Waals surface area contributed by atoms with Gasteiger partial charge >= 0.3 is 0 Å². The molecule has 0 radical (unpaired) electrons. The first kappa shape index (κ1) is 10.3. The topological polar surface area (TPSA) is 82.2 Å². The van der Waals surface area contributed by atoms with Gasteiger partial charge in [0.2, 0.25) is 0 Å². The zero-order chi connectivity index (χ0) is 10.7. The Bertz CT molecular complexity index is 395. The van der Waals surface area contributed by atoms with Gasteiger partial charge in [-0.3, -0.25) is 14.6 Å². The van der Waals surface area contributed by atoms with Crippen molar-refractivity contribution < 1.29 is 9.90 Å². The molecule has 5 nitrogen and oxygen atoms in total. The minimum Gasteiger partial charge on any atom is -0.494 e. The number of carbonyl (C=O) groups is 1. The lowest BCUT2D eigenvalue weighted by Gasteiger charge is -2.07. The molecular weight excluding hydrogens is 184 g/mol. The molecule has 0 aliphatic carbocycles. The summed E-state index contributed by atoms with van der Waals surface area (Å²) >= 11 is 0. The fourth-order valence-electron chi connectivity index (χ4n) is 1.01. The van der Waals surface area contributed by atoms with Crippen LogP contribution in [0.4, 0.5) is 0 Å². The molecule has 0 unspecified atom stereocenters. The highest BCUT2D eigenvalue weighted by atomic mass is 16.3. The van der Waals surface area contributed by atoms with Gasteiger partial charge in [0.15, 0.2) is 5.88 Å². The highest BCUT2D eigenvalue weighted by Crippen LogP contribution is 2.03. The highest BCUT2D eigenvalue weighted by molar-refractivity contribution is 5.94. The molecule has 0 aromatic carbocycles. The summed E-state index contributed by atoms with van der Waals surface area (Å²) in [6, 6.07) is 2.33. The Morgan fingerprint density at radius 2 is 2.14 bits per heavy atom. The van der Waals surface area contributed by atoms with Crippen molar-refractivity contribution in [2.75, 3.05) is 0 Å². The molecule has 3 N–H and O–H groups in total. The number of carbonyl (C=O) groups excluding carboxylic acids is 1. The lowest BCUT2D eigenvalue weighted by molar-refractivity contribution is 0.0942. The van der Waals surface area contributed by atoms with E-state index in [0.717, 1.165) is 6.07 Å². The molecule has 76 valence electrons. The van der Waals surface area contributed by atoms with Crippen molar-refractivity contribution in [3.63, 3.8) is 0 Å². The molecule has 0 aliphatic rings. The van der Waals surface area contributed by atoms with Crippen molar-refractivity contribution in [3.8, 4) is 5.88 Å². The zero-order valence-corrected chi connectivity index (χ0v) is 8.00. The molecular formula is C9H12N2O3. The SMILES string of the molecule is CC(C)NC(=O)c1cc(O)[nH]c(=O)c1. The van der Waals surface area contributed by atoms with Crippen LogP contribution in [-0.4, -0.2) is 22.0 Å². The van der Waals surface area contributed by atoms with Gasteiger partial charge in [0.25, 0.3) is 11.5 Å². The summed E-state index contributed by atoms with van der Waals surface area (Å²) in [6.45, 7) is 3.62. The first-order valence-corrected chi connectivity index (χ1v) is 4.23. The van der Waals surface area contributed by atoms with E-state index >= 15 is 0 Å². The van der Waals surface area contributed by atoms with Crippen molar-refractivity contribution in [1.82, 2.24) is 10.3 Å². The number of H-pyrrole nitrogens is 1. The lowest BCUT2D eigenvalue weighted by atomic mass is 10.2. The molecule has 0 spiro atoms. The summed E-state index contributed by atoms with van der Waals surface area (Å²) < 4.78 is 0. The van der Waals surface area contributed by atoms with Crippen LogP contribution in [0, 0.1) is 0 Å². The van der Waals surface area contributed by atoms with Gasteiger partial charge in [-0.1, -0.05) is 0 Å². The molecule has 0 fully saturated rings. The molecule has 1 rings (SSSR count). The molecule has 5 heteroatoms. The quantitative estimate of drug-likeness (QED) is 0.632. The lowest BCUT2D eigenvalue weighted by Crippen LogP contribution is -2.30. The minimum atomic E-state index is -0.501. The van der Waals surface area contributed by atoms with Crippen LogP contribution in [0.5, 0.6) is 5.88 Å². The Morgan fingerprint density at radius 1 is 1.50 bits per heavy atom. The molecule has 0 aliphatic heterocycles. The maximum absolute atomic E-state index is 11.4. The first-order chi connectivity index (χ1) is 6.49. The smallest absolute Gasteiger partial charge is 0.251 e. The largest absolute Gasteiger partial charge is 0.494 e. The molecule has 0 atom stereocenters. The fourth-order valence-corrected chi connectivity index (χ4v) is 1.01. The standard InChI is InChI=1S/C9H12N2O3/c1-5(2)10-9(14)6-3-7(12)11-8(13)4-6/h3-5H,1-2H3,(H,10,14)(H2,11,12,13). The summed E-state index contributed by atoms with van der Waals surface area (Å²) in [5, 5.41) is 11.7. The van der Waals surface area contributed by atoms with Gasteiger partial charge in [0.1, 0.15) is 0 Å². The van der Waals surface area contributed by atoms with E-state index in [4.69, 9.17) is 5.11 Å². The number of aromatic amines is 1. The summed E-state index contributed by atoms with van der Waals surface area (Å²) in [5.41, 5.74) is -0.348. The van der Waals surface area contributed by atoms with Crippen molar-refractivity contribution in [3.05, 3.63) is 28.0 Å². The van der Waals surface area contributed by atoms with Crippen LogP contribution in [0.25, 0.3) is 0 Å². The van der Waals surface area contributed by atoms with E-state index in [1.807, 2.05) is 13.8 Å². The number of amides is 1. The molecule has 1 amide bonds. The second-order valence-electron chi connectivity index (χ2n) is 3.25. The van der Waals surface area contributed by atoms with Gasteiger partial charge in [0, 0.05) is 18.2 Å². The normalized spacial score (nSPS) is 10.2. The van der Waals surface area contributed by atoms with Gasteiger partial charge in [-0.05, 0) is 13.8 Å². The van der Waals surface area contributed by atoms with Crippen molar-refractivity contribution in [2.45, 2.75) is 19.9 Å². The predicted molar refractivity (Wildman–Crippen MR) is 51.3 cm³/mol. The third-order valence-corrected chi connectivity index (χ3v) is 1.51.